The molecule has 0 aromatic carbocycles. The molecule has 4 heteroatoms. The number of nitrogens with zero attached hydrogens (tertiary/aromatic N) is 1. The number of fused-ring (bicyclic) bond motifs is 1. The van der Waals surface area contributed by atoms with Crippen molar-refractivity contribution in [3.63, 3.8) is 0 Å². The second-order valence-electron chi connectivity index (χ2n) is 1.83. The van der Waals surface area contributed by atoms with Crippen molar-refractivity contribution in [3.8, 4) is 0 Å². The first-order chi connectivity index (χ1) is 4.36. The maximum Gasteiger partial charge on any atom is 0.318 e. The molecule has 0 saturated carbocycles. The largest absolute Gasteiger partial charge is 0.432 e. The molecule has 0 fully saturated rings. The molecule has 0 aliphatic rings. The van der Waals surface area contributed by atoms with E-state index in [1.54, 1.807) is 19.3 Å². The second kappa shape index (κ2) is 2.59. The average Bonchev–Trinajstić information content (AvgIpc) is 2.22. The predicted molar refractivity (Wildman–Crippen MR) is 31.0 cm³/mol. The number of aromatic nitrogens is 1. The minimum absolute atomic E-state index is 0. The third kappa shape index (κ3) is 1.01. The van der Waals surface area contributed by atoms with E-state index >= 15 is 0 Å². The monoisotopic (exact) mass is 318 g/mol. The number of oxazole rings is 1. The van der Waals surface area contributed by atoms with Crippen LogP contribution in [0.15, 0.2) is 21.2 Å². The molecular weight excluding hydrogens is 313 g/mol. The molecule has 3 nitrogen and oxygen atoms in total. The second-order valence-corrected chi connectivity index (χ2v) is 1.83. The molecule has 2 aromatic heterocycles. The fraction of sp³-hybridized carbons (Fsp3) is 0.167. The molecule has 2 aromatic rings. The van der Waals surface area contributed by atoms with Crippen LogP contribution in [0.1, 0.15) is 5.89 Å². The number of hydrogen-bond acceptors (Lipinski definition) is 3. The van der Waals surface area contributed by atoms with E-state index in [0.717, 1.165) is 5.52 Å². The zero-order chi connectivity index (χ0) is 6.27. The zero-order valence-corrected chi connectivity index (χ0v) is 7.51. The van der Waals surface area contributed by atoms with Gasteiger partial charge in [0.15, 0.2) is 11.4 Å². The first kappa shape index (κ1) is 7.54. The van der Waals surface area contributed by atoms with Gasteiger partial charge in [-0.1, -0.05) is 0 Å². The first-order valence-electron chi connectivity index (χ1n) is 2.67. The van der Waals surface area contributed by atoms with Crippen molar-refractivity contribution < 1.29 is 29.9 Å². The van der Waals surface area contributed by atoms with E-state index in [1.165, 1.54) is 0 Å². The summed E-state index contributed by atoms with van der Waals surface area (Å²) in [7, 11) is 0. The first-order valence-corrected chi connectivity index (χ1v) is 2.67. The van der Waals surface area contributed by atoms with Crippen molar-refractivity contribution in [1.82, 2.24) is 4.98 Å². The maximum absolute atomic E-state index is 5.03. The van der Waals surface area contributed by atoms with Crippen LogP contribution in [0.4, 0.5) is 0 Å². The number of furan rings is 1. The number of aryl methyl sites for hydroxylation is 1. The summed E-state index contributed by atoms with van der Waals surface area (Å²) in [5, 5.41) is 0. The van der Waals surface area contributed by atoms with E-state index in [1.807, 2.05) is 0 Å². The summed E-state index contributed by atoms with van der Waals surface area (Å²) in [5.74, 6) is 1.15. The molecule has 2 rings (SSSR count). The van der Waals surface area contributed by atoms with Gasteiger partial charge in [0.25, 0.3) is 0 Å². The smallest absolute Gasteiger partial charge is 0.318 e. The molecule has 0 unspecified atom stereocenters. The maximum atomic E-state index is 5.03. The van der Waals surface area contributed by atoms with Gasteiger partial charge in [0, 0.05) is 34.1 Å². The Bertz CT molecular complexity index is 296. The topological polar surface area (TPSA) is 39.2 Å². The molecule has 0 radical (unpaired) electrons. The molecule has 0 aliphatic carbocycles. The quantitative estimate of drug-likeness (QED) is 0.743. The van der Waals surface area contributed by atoms with Crippen molar-refractivity contribution in [2.45, 2.75) is 6.92 Å². The standard InChI is InChI=1S/C6H5NO2.Pt/c1-4-7-5-2-3-8-6(5)9-4;/h2-3H,1H3;. The molecule has 0 bridgehead atoms. The van der Waals surface area contributed by atoms with Crippen molar-refractivity contribution in [2.24, 2.45) is 0 Å². The van der Waals surface area contributed by atoms with Crippen LogP contribution >= 0.6 is 0 Å². The van der Waals surface area contributed by atoms with Gasteiger partial charge < -0.3 is 8.83 Å². The van der Waals surface area contributed by atoms with Gasteiger partial charge in [-0.15, -0.1) is 0 Å². The molecule has 56 valence electrons. The van der Waals surface area contributed by atoms with E-state index in [4.69, 9.17) is 8.83 Å². The predicted octanol–water partition coefficient (Wildman–Crippen LogP) is 1.73. The Morgan fingerprint density at radius 1 is 1.50 bits per heavy atom. The van der Waals surface area contributed by atoms with Crippen LogP contribution < -0.4 is 0 Å². The summed E-state index contributed by atoms with van der Waals surface area (Å²) in [4.78, 5) is 4.01. The molecular formula is C6H5NO2Pt. The Morgan fingerprint density at radius 2 is 2.30 bits per heavy atom. The van der Waals surface area contributed by atoms with Crippen LogP contribution in [0.25, 0.3) is 11.3 Å². The molecule has 2 heterocycles. The Labute approximate surface area is 71.7 Å². The minimum atomic E-state index is 0. The Kier molecular flexibility index (Phi) is 1.95. The fourth-order valence-corrected chi connectivity index (χ4v) is 0.775. The van der Waals surface area contributed by atoms with Gasteiger partial charge in [0.2, 0.25) is 0 Å². The van der Waals surface area contributed by atoms with Crippen molar-refractivity contribution in [1.29, 1.82) is 0 Å². The molecule has 0 amide bonds. The Hall–Kier alpha value is -0.562. The zero-order valence-electron chi connectivity index (χ0n) is 5.23. The van der Waals surface area contributed by atoms with Crippen LogP contribution in [0, 0.1) is 6.92 Å². The third-order valence-corrected chi connectivity index (χ3v) is 1.13. The summed E-state index contributed by atoms with van der Waals surface area (Å²) >= 11 is 0. The van der Waals surface area contributed by atoms with Gasteiger partial charge in [-0.25, -0.2) is 4.98 Å². The van der Waals surface area contributed by atoms with Gasteiger partial charge in [-0.2, -0.15) is 0 Å². The van der Waals surface area contributed by atoms with E-state index in [0.29, 0.717) is 11.7 Å². The average molecular weight is 318 g/mol. The number of hydrogen-bond donors (Lipinski definition) is 0. The molecule has 0 atom stereocenters. The summed E-state index contributed by atoms with van der Waals surface area (Å²) in [6, 6.07) is 1.77. The van der Waals surface area contributed by atoms with Gasteiger partial charge in [0.05, 0.1) is 6.26 Å². The third-order valence-electron chi connectivity index (χ3n) is 1.13. The molecule has 0 aliphatic heterocycles. The summed E-state index contributed by atoms with van der Waals surface area (Å²) < 4.78 is 9.94. The summed E-state index contributed by atoms with van der Waals surface area (Å²) in [5.41, 5.74) is 0.785. The molecule has 0 spiro atoms. The van der Waals surface area contributed by atoms with E-state index < -0.39 is 0 Å². The van der Waals surface area contributed by atoms with E-state index in [9.17, 15) is 0 Å². The summed E-state index contributed by atoms with van der Waals surface area (Å²) in [6.45, 7) is 1.79. The molecule has 0 N–H and O–H groups in total. The van der Waals surface area contributed by atoms with Crippen LogP contribution in [-0.4, -0.2) is 4.98 Å². The van der Waals surface area contributed by atoms with Crippen LogP contribution in [-0.2, 0) is 21.1 Å². The molecule has 10 heavy (non-hydrogen) atoms. The van der Waals surface area contributed by atoms with Crippen molar-refractivity contribution in [3.05, 3.63) is 18.2 Å². The van der Waals surface area contributed by atoms with Crippen molar-refractivity contribution in [2.75, 3.05) is 0 Å². The van der Waals surface area contributed by atoms with Crippen LogP contribution in [0.5, 0.6) is 0 Å². The SMILES string of the molecule is Cc1nc2ccoc2o1.[Pt]. The van der Waals surface area contributed by atoms with Gasteiger partial charge >= 0.3 is 5.78 Å². The number of rotatable bonds is 0. The van der Waals surface area contributed by atoms with E-state index in [2.05, 4.69) is 4.98 Å². The van der Waals surface area contributed by atoms with Crippen LogP contribution in [0.2, 0.25) is 0 Å². The normalized spacial score (nSPS) is 9.70. The van der Waals surface area contributed by atoms with E-state index in [-0.39, 0.29) is 21.1 Å². The van der Waals surface area contributed by atoms with Gasteiger partial charge in [-0.3, -0.25) is 0 Å². The molecule has 0 saturated heterocycles. The summed E-state index contributed by atoms with van der Waals surface area (Å²) in [6.07, 6.45) is 1.56. The van der Waals surface area contributed by atoms with Crippen molar-refractivity contribution >= 4 is 11.3 Å². The van der Waals surface area contributed by atoms with Crippen LogP contribution in [0.3, 0.4) is 0 Å². The van der Waals surface area contributed by atoms with Gasteiger partial charge in [-0.05, 0) is 0 Å². The minimum Gasteiger partial charge on any atom is -0.432 e. The Balaban J connectivity index is 0.000000500. The Morgan fingerprint density at radius 3 is 3.00 bits per heavy atom. The fourth-order valence-electron chi connectivity index (χ4n) is 0.775. The van der Waals surface area contributed by atoms with Gasteiger partial charge in [0.1, 0.15) is 0 Å².